The van der Waals surface area contributed by atoms with Crippen LogP contribution in [0.4, 0.5) is 0 Å². The Hall–Kier alpha value is -0.770. The van der Waals surface area contributed by atoms with E-state index in [2.05, 4.69) is 34.4 Å². The molecule has 1 aliphatic carbocycles. The largest absolute Gasteiger partial charge is 0.355 e. The molecule has 2 rings (SSSR count). The fraction of sp³-hybridized carbons (Fsp3) is 0.941. The van der Waals surface area contributed by atoms with Gasteiger partial charge in [0.15, 0.2) is 5.96 Å². The van der Waals surface area contributed by atoms with Crippen LogP contribution in [-0.2, 0) is 0 Å². The van der Waals surface area contributed by atoms with Crippen molar-refractivity contribution >= 4 is 5.96 Å². The van der Waals surface area contributed by atoms with Crippen molar-refractivity contribution in [2.75, 3.05) is 26.7 Å². The quantitative estimate of drug-likeness (QED) is 0.605. The molecule has 1 atom stereocenters. The predicted molar refractivity (Wildman–Crippen MR) is 90.8 cm³/mol. The smallest absolute Gasteiger partial charge is 0.191 e. The second kappa shape index (κ2) is 8.62. The highest BCUT2D eigenvalue weighted by Gasteiger charge is 2.25. The SMILES string of the molecule is CN=C(NCC(C(C)C)N1CCCC1)NC1CCCCC1. The molecule has 1 aliphatic heterocycles. The molecule has 2 aliphatic rings. The molecular formula is C17H34N4. The number of nitrogens with zero attached hydrogens (tertiary/aromatic N) is 2. The van der Waals surface area contributed by atoms with Crippen molar-refractivity contribution in [3.05, 3.63) is 0 Å². The molecule has 0 amide bonds. The van der Waals surface area contributed by atoms with Gasteiger partial charge in [0.25, 0.3) is 0 Å². The van der Waals surface area contributed by atoms with Crippen LogP contribution in [0.3, 0.4) is 0 Å². The standard InChI is InChI=1S/C17H34N4/c1-14(2)16(21-11-7-8-12-21)13-19-17(18-3)20-15-9-5-4-6-10-15/h14-16H,4-13H2,1-3H3,(H2,18,19,20). The van der Waals surface area contributed by atoms with Gasteiger partial charge < -0.3 is 10.6 Å². The van der Waals surface area contributed by atoms with Gasteiger partial charge in [0.1, 0.15) is 0 Å². The van der Waals surface area contributed by atoms with Crippen molar-refractivity contribution in [1.29, 1.82) is 0 Å². The molecule has 1 heterocycles. The van der Waals surface area contributed by atoms with Gasteiger partial charge in [0.2, 0.25) is 0 Å². The number of nitrogens with one attached hydrogen (secondary N) is 2. The molecular weight excluding hydrogens is 260 g/mol. The van der Waals surface area contributed by atoms with E-state index in [1.165, 1.54) is 58.0 Å². The molecule has 1 saturated heterocycles. The topological polar surface area (TPSA) is 39.7 Å². The summed E-state index contributed by atoms with van der Waals surface area (Å²) in [5.41, 5.74) is 0. The van der Waals surface area contributed by atoms with Crippen LogP contribution in [0.2, 0.25) is 0 Å². The van der Waals surface area contributed by atoms with E-state index in [9.17, 15) is 0 Å². The van der Waals surface area contributed by atoms with E-state index in [1.54, 1.807) is 0 Å². The van der Waals surface area contributed by atoms with Crippen molar-refractivity contribution in [2.24, 2.45) is 10.9 Å². The Bertz CT molecular complexity index is 315. The first-order chi connectivity index (χ1) is 10.2. The van der Waals surface area contributed by atoms with Gasteiger partial charge in [-0.05, 0) is 44.7 Å². The maximum Gasteiger partial charge on any atom is 0.191 e. The minimum atomic E-state index is 0.620. The second-order valence-corrected chi connectivity index (χ2v) is 6.99. The van der Waals surface area contributed by atoms with Gasteiger partial charge in [-0.1, -0.05) is 33.1 Å². The molecule has 0 aromatic heterocycles. The molecule has 0 aromatic rings. The third kappa shape index (κ3) is 5.17. The van der Waals surface area contributed by atoms with Crippen molar-refractivity contribution in [1.82, 2.24) is 15.5 Å². The minimum absolute atomic E-state index is 0.620. The van der Waals surface area contributed by atoms with Crippen LogP contribution in [0.15, 0.2) is 4.99 Å². The van der Waals surface area contributed by atoms with E-state index in [0.29, 0.717) is 18.0 Å². The molecule has 2 fully saturated rings. The van der Waals surface area contributed by atoms with Crippen molar-refractivity contribution in [3.63, 3.8) is 0 Å². The highest BCUT2D eigenvalue weighted by atomic mass is 15.2. The molecule has 4 nitrogen and oxygen atoms in total. The van der Waals surface area contributed by atoms with Crippen LogP contribution in [0.25, 0.3) is 0 Å². The molecule has 4 heteroatoms. The average molecular weight is 294 g/mol. The van der Waals surface area contributed by atoms with Gasteiger partial charge in [-0.25, -0.2) is 0 Å². The summed E-state index contributed by atoms with van der Waals surface area (Å²) >= 11 is 0. The summed E-state index contributed by atoms with van der Waals surface area (Å²) in [6, 6.07) is 1.24. The van der Waals surface area contributed by atoms with E-state index < -0.39 is 0 Å². The molecule has 1 saturated carbocycles. The van der Waals surface area contributed by atoms with E-state index in [1.807, 2.05) is 7.05 Å². The highest BCUT2D eigenvalue weighted by molar-refractivity contribution is 5.80. The lowest BCUT2D eigenvalue weighted by molar-refractivity contribution is 0.192. The van der Waals surface area contributed by atoms with E-state index in [-0.39, 0.29) is 0 Å². The molecule has 0 bridgehead atoms. The van der Waals surface area contributed by atoms with Crippen LogP contribution in [0, 0.1) is 5.92 Å². The minimum Gasteiger partial charge on any atom is -0.355 e. The summed E-state index contributed by atoms with van der Waals surface area (Å²) in [5.74, 6) is 1.68. The Labute approximate surface area is 130 Å². The van der Waals surface area contributed by atoms with Crippen molar-refractivity contribution in [2.45, 2.75) is 70.9 Å². The summed E-state index contributed by atoms with van der Waals surface area (Å²) in [7, 11) is 1.89. The normalized spacial score (nSPS) is 23.5. The fourth-order valence-corrected chi connectivity index (χ4v) is 3.70. The molecule has 1 unspecified atom stereocenters. The van der Waals surface area contributed by atoms with E-state index in [0.717, 1.165) is 12.5 Å². The maximum atomic E-state index is 4.42. The Morgan fingerprint density at radius 2 is 1.76 bits per heavy atom. The number of aliphatic imine (C=N–C) groups is 1. The number of rotatable bonds is 5. The van der Waals surface area contributed by atoms with Crippen LogP contribution in [-0.4, -0.2) is 49.6 Å². The number of hydrogen-bond donors (Lipinski definition) is 2. The lowest BCUT2D eigenvalue weighted by Gasteiger charge is -2.32. The zero-order valence-corrected chi connectivity index (χ0v) is 14.2. The van der Waals surface area contributed by atoms with Crippen LogP contribution in [0.1, 0.15) is 58.8 Å². The van der Waals surface area contributed by atoms with Crippen molar-refractivity contribution in [3.8, 4) is 0 Å². The summed E-state index contributed by atoms with van der Waals surface area (Å²) in [5, 5.41) is 7.18. The third-order valence-electron chi connectivity index (χ3n) is 5.03. The lowest BCUT2D eigenvalue weighted by atomic mass is 9.96. The highest BCUT2D eigenvalue weighted by Crippen LogP contribution is 2.18. The van der Waals surface area contributed by atoms with Crippen LogP contribution < -0.4 is 10.6 Å². The van der Waals surface area contributed by atoms with Gasteiger partial charge in [-0.3, -0.25) is 9.89 Å². The first-order valence-corrected chi connectivity index (χ1v) is 8.92. The maximum absolute atomic E-state index is 4.42. The molecule has 0 radical (unpaired) electrons. The number of hydrogen-bond acceptors (Lipinski definition) is 2. The summed E-state index contributed by atoms with van der Waals surface area (Å²) in [6.07, 6.45) is 9.42. The molecule has 2 N–H and O–H groups in total. The van der Waals surface area contributed by atoms with Crippen LogP contribution >= 0.6 is 0 Å². The Balaban J connectivity index is 1.79. The van der Waals surface area contributed by atoms with Gasteiger partial charge in [0.05, 0.1) is 0 Å². The van der Waals surface area contributed by atoms with Gasteiger partial charge in [-0.2, -0.15) is 0 Å². The third-order valence-corrected chi connectivity index (χ3v) is 5.03. The Morgan fingerprint density at radius 3 is 2.33 bits per heavy atom. The zero-order valence-electron chi connectivity index (χ0n) is 14.2. The van der Waals surface area contributed by atoms with Crippen LogP contribution in [0.5, 0.6) is 0 Å². The molecule has 0 aromatic carbocycles. The lowest BCUT2D eigenvalue weighted by Crippen LogP contribution is -2.50. The first-order valence-electron chi connectivity index (χ1n) is 8.92. The van der Waals surface area contributed by atoms with E-state index in [4.69, 9.17) is 0 Å². The van der Waals surface area contributed by atoms with Gasteiger partial charge in [-0.15, -0.1) is 0 Å². The number of likely N-dealkylation sites (tertiary alicyclic amines) is 1. The molecule has 122 valence electrons. The van der Waals surface area contributed by atoms with Crippen molar-refractivity contribution < 1.29 is 0 Å². The Kier molecular flexibility index (Phi) is 6.81. The summed E-state index contributed by atoms with van der Waals surface area (Å²) < 4.78 is 0. The first kappa shape index (κ1) is 16.6. The molecule has 0 spiro atoms. The average Bonchev–Trinajstić information content (AvgIpc) is 3.01. The monoisotopic (exact) mass is 294 g/mol. The molecule has 21 heavy (non-hydrogen) atoms. The summed E-state index contributed by atoms with van der Waals surface area (Å²) in [4.78, 5) is 7.06. The predicted octanol–water partition coefficient (Wildman–Crippen LogP) is 2.60. The van der Waals surface area contributed by atoms with Gasteiger partial charge >= 0.3 is 0 Å². The van der Waals surface area contributed by atoms with E-state index >= 15 is 0 Å². The zero-order chi connectivity index (χ0) is 15.1. The fourth-order valence-electron chi connectivity index (χ4n) is 3.70. The van der Waals surface area contributed by atoms with Gasteiger partial charge in [0, 0.05) is 25.7 Å². The number of guanidine groups is 1. The Morgan fingerprint density at radius 1 is 1.10 bits per heavy atom. The second-order valence-electron chi connectivity index (χ2n) is 6.99. The summed E-state index contributed by atoms with van der Waals surface area (Å²) in [6.45, 7) is 8.20.